The Hall–Kier alpha value is -1.93. The van der Waals surface area contributed by atoms with Crippen molar-refractivity contribution < 1.29 is 8.42 Å². The number of pyridine rings is 1. The van der Waals surface area contributed by atoms with Crippen molar-refractivity contribution in [2.24, 2.45) is 7.05 Å². The second kappa shape index (κ2) is 5.59. The van der Waals surface area contributed by atoms with E-state index in [1.165, 1.54) is 18.5 Å². The van der Waals surface area contributed by atoms with Crippen LogP contribution in [0.1, 0.15) is 18.2 Å². The highest BCUT2D eigenvalue weighted by molar-refractivity contribution is 7.89. The minimum absolute atomic E-state index is 0.105. The SMILES string of the molecule is CCc1nn(C)cc1CNS(=O)(=O)c1c[nH]ccc1=O. The van der Waals surface area contributed by atoms with Gasteiger partial charge in [0.15, 0.2) is 0 Å². The highest BCUT2D eigenvalue weighted by Crippen LogP contribution is 2.08. The molecule has 0 aliphatic carbocycles. The summed E-state index contributed by atoms with van der Waals surface area (Å²) in [7, 11) is -2.06. The van der Waals surface area contributed by atoms with Crippen molar-refractivity contribution in [3.63, 3.8) is 0 Å². The topological polar surface area (TPSA) is 96.8 Å². The van der Waals surface area contributed by atoms with Gasteiger partial charge in [0.1, 0.15) is 4.90 Å². The van der Waals surface area contributed by atoms with Gasteiger partial charge in [-0.3, -0.25) is 9.48 Å². The number of nitrogens with zero attached hydrogens (tertiary/aromatic N) is 2. The summed E-state index contributed by atoms with van der Waals surface area (Å²) < 4.78 is 28.2. The third-order valence-electron chi connectivity index (χ3n) is 2.86. The molecular formula is C12H16N4O3S. The van der Waals surface area contributed by atoms with Gasteiger partial charge in [0.2, 0.25) is 15.5 Å². The predicted molar refractivity (Wildman–Crippen MR) is 73.7 cm³/mol. The summed E-state index contributed by atoms with van der Waals surface area (Å²) in [5, 5.41) is 4.23. The van der Waals surface area contributed by atoms with E-state index in [0.717, 1.165) is 11.3 Å². The van der Waals surface area contributed by atoms with Gasteiger partial charge >= 0.3 is 0 Å². The summed E-state index contributed by atoms with van der Waals surface area (Å²) in [5.41, 5.74) is 1.08. The van der Waals surface area contributed by atoms with E-state index >= 15 is 0 Å². The molecule has 0 amide bonds. The molecule has 0 fully saturated rings. The third kappa shape index (κ3) is 2.97. The summed E-state index contributed by atoms with van der Waals surface area (Å²) >= 11 is 0. The fourth-order valence-electron chi connectivity index (χ4n) is 1.89. The van der Waals surface area contributed by atoms with Crippen LogP contribution in [0.4, 0.5) is 0 Å². The van der Waals surface area contributed by atoms with Crippen LogP contribution < -0.4 is 10.2 Å². The Labute approximate surface area is 116 Å². The van der Waals surface area contributed by atoms with Crippen LogP contribution in [0, 0.1) is 0 Å². The summed E-state index contributed by atoms with van der Waals surface area (Å²) in [4.78, 5) is 13.9. The molecule has 0 unspecified atom stereocenters. The Bertz CT molecular complexity index is 761. The van der Waals surface area contributed by atoms with Crippen molar-refractivity contribution in [3.05, 3.63) is 46.1 Å². The van der Waals surface area contributed by atoms with Gasteiger partial charge in [-0.05, 0) is 6.42 Å². The van der Waals surface area contributed by atoms with E-state index in [2.05, 4.69) is 14.8 Å². The van der Waals surface area contributed by atoms with E-state index in [9.17, 15) is 13.2 Å². The maximum absolute atomic E-state index is 12.1. The van der Waals surface area contributed by atoms with Gasteiger partial charge in [-0.25, -0.2) is 13.1 Å². The van der Waals surface area contributed by atoms with Crippen LogP contribution in [0.2, 0.25) is 0 Å². The van der Waals surface area contributed by atoms with Crippen molar-refractivity contribution in [1.29, 1.82) is 0 Å². The average molecular weight is 296 g/mol. The molecule has 0 saturated carbocycles. The zero-order chi connectivity index (χ0) is 14.8. The maximum atomic E-state index is 12.1. The Morgan fingerprint density at radius 3 is 2.85 bits per heavy atom. The maximum Gasteiger partial charge on any atom is 0.246 e. The quantitative estimate of drug-likeness (QED) is 0.820. The highest BCUT2D eigenvalue weighted by atomic mass is 32.2. The van der Waals surface area contributed by atoms with Crippen molar-refractivity contribution >= 4 is 10.0 Å². The minimum atomic E-state index is -3.84. The predicted octanol–water partition coefficient (Wildman–Crippen LogP) is 0.149. The smallest absolute Gasteiger partial charge is 0.246 e. The second-order valence-corrected chi connectivity index (χ2v) is 6.06. The van der Waals surface area contributed by atoms with E-state index in [1.807, 2.05) is 6.92 Å². The third-order valence-corrected chi connectivity index (χ3v) is 4.28. The number of hydrogen-bond acceptors (Lipinski definition) is 4. The monoisotopic (exact) mass is 296 g/mol. The Kier molecular flexibility index (Phi) is 4.05. The minimum Gasteiger partial charge on any atom is -0.366 e. The first kappa shape index (κ1) is 14.5. The summed E-state index contributed by atoms with van der Waals surface area (Å²) in [6.07, 6.45) is 5.03. The van der Waals surface area contributed by atoms with Crippen LogP contribution in [0.3, 0.4) is 0 Å². The van der Waals surface area contributed by atoms with E-state index in [-0.39, 0.29) is 11.4 Å². The molecule has 2 aromatic rings. The molecule has 0 aliphatic rings. The fraction of sp³-hybridized carbons (Fsp3) is 0.333. The zero-order valence-electron chi connectivity index (χ0n) is 11.3. The number of aromatic nitrogens is 3. The average Bonchev–Trinajstić information content (AvgIpc) is 2.77. The first-order chi connectivity index (χ1) is 9.44. The molecule has 0 atom stereocenters. The number of nitrogens with one attached hydrogen (secondary N) is 2. The van der Waals surface area contributed by atoms with E-state index in [1.54, 1.807) is 17.9 Å². The lowest BCUT2D eigenvalue weighted by molar-refractivity contribution is 0.580. The lowest BCUT2D eigenvalue weighted by atomic mass is 10.2. The summed E-state index contributed by atoms with van der Waals surface area (Å²) in [6.45, 7) is 2.05. The van der Waals surface area contributed by atoms with Crippen molar-refractivity contribution in [2.75, 3.05) is 0 Å². The van der Waals surface area contributed by atoms with Gasteiger partial charge in [-0.2, -0.15) is 5.10 Å². The van der Waals surface area contributed by atoms with Gasteiger partial charge in [0.25, 0.3) is 0 Å². The lowest BCUT2D eigenvalue weighted by Crippen LogP contribution is -2.28. The Morgan fingerprint density at radius 2 is 2.20 bits per heavy atom. The summed E-state index contributed by atoms with van der Waals surface area (Å²) in [5.74, 6) is 0. The Morgan fingerprint density at radius 1 is 1.45 bits per heavy atom. The standard InChI is InChI=1S/C12H16N4O3S/c1-3-10-9(8-16(2)15-10)6-14-20(18,19)12-7-13-5-4-11(12)17/h4-5,7-8,14H,3,6H2,1-2H3,(H,13,17). The largest absolute Gasteiger partial charge is 0.366 e. The van der Waals surface area contributed by atoms with E-state index in [0.29, 0.717) is 6.42 Å². The van der Waals surface area contributed by atoms with Crippen LogP contribution >= 0.6 is 0 Å². The van der Waals surface area contributed by atoms with Gasteiger partial charge in [0.05, 0.1) is 5.69 Å². The molecule has 0 aromatic carbocycles. The number of rotatable bonds is 5. The van der Waals surface area contributed by atoms with E-state index in [4.69, 9.17) is 0 Å². The molecule has 7 nitrogen and oxygen atoms in total. The molecule has 2 rings (SSSR count). The van der Waals surface area contributed by atoms with Crippen LogP contribution in [-0.4, -0.2) is 23.2 Å². The molecule has 2 N–H and O–H groups in total. The second-order valence-electron chi connectivity index (χ2n) is 4.33. The van der Waals surface area contributed by atoms with E-state index < -0.39 is 15.5 Å². The first-order valence-corrected chi connectivity index (χ1v) is 7.60. The van der Waals surface area contributed by atoms with Crippen LogP contribution in [-0.2, 0) is 30.0 Å². The fourth-order valence-corrected chi connectivity index (χ4v) is 2.95. The molecule has 108 valence electrons. The van der Waals surface area contributed by atoms with Crippen molar-refractivity contribution in [3.8, 4) is 0 Å². The molecule has 20 heavy (non-hydrogen) atoms. The van der Waals surface area contributed by atoms with Crippen LogP contribution in [0.5, 0.6) is 0 Å². The van der Waals surface area contributed by atoms with Gasteiger partial charge < -0.3 is 4.98 Å². The molecule has 2 aromatic heterocycles. The van der Waals surface area contributed by atoms with Crippen LogP contribution in [0.15, 0.2) is 34.3 Å². The number of hydrogen-bond donors (Lipinski definition) is 2. The zero-order valence-corrected chi connectivity index (χ0v) is 12.1. The summed E-state index contributed by atoms with van der Waals surface area (Å²) in [6, 6.07) is 1.18. The highest BCUT2D eigenvalue weighted by Gasteiger charge is 2.18. The molecule has 0 spiro atoms. The number of aryl methyl sites for hydroxylation is 2. The number of aromatic amines is 1. The van der Waals surface area contributed by atoms with Crippen molar-refractivity contribution in [2.45, 2.75) is 24.8 Å². The normalized spacial score (nSPS) is 11.7. The van der Waals surface area contributed by atoms with Gasteiger partial charge in [-0.1, -0.05) is 6.92 Å². The Balaban J connectivity index is 2.22. The lowest BCUT2D eigenvalue weighted by Gasteiger charge is -2.05. The first-order valence-electron chi connectivity index (χ1n) is 6.12. The molecule has 0 saturated heterocycles. The molecule has 0 bridgehead atoms. The van der Waals surface area contributed by atoms with Gasteiger partial charge in [0, 0.05) is 43.8 Å². The molecule has 0 aliphatic heterocycles. The van der Waals surface area contributed by atoms with Gasteiger partial charge in [-0.15, -0.1) is 0 Å². The molecule has 8 heteroatoms. The number of sulfonamides is 1. The number of H-pyrrole nitrogens is 1. The van der Waals surface area contributed by atoms with Crippen LogP contribution in [0.25, 0.3) is 0 Å². The molecule has 2 heterocycles. The van der Waals surface area contributed by atoms with Crippen molar-refractivity contribution in [1.82, 2.24) is 19.5 Å². The molecular weight excluding hydrogens is 280 g/mol. The molecule has 0 radical (unpaired) electrons.